The Morgan fingerprint density at radius 1 is 1.47 bits per heavy atom. The third-order valence-corrected chi connectivity index (χ3v) is 4.19. The predicted molar refractivity (Wildman–Crippen MR) is 69.9 cm³/mol. The Kier molecular flexibility index (Phi) is 3.61. The zero-order valence-corrected chi connectivity index (χ0v) is 11.8. The van der Waals surface area contributed by atoms with E-state index in [1.165, 1.54) is 16.0 Å². The monoisotopic (exact) mass is 281 g/mol. The van der Waals surface area contributed by atoms with Crippen molar-refractivity contribution in [3.63, 3.8) is 0 Å². The SMILES string of the molecule is CCC(CC)(C(=O)O)n1nnnc1-c1cnc(C)s1. The molecular weight excluding hydrogens is 266 g/mol. The zero-order valence-electron chi connectivity index (χ0n) is 11.0. The molecule has 0 radical (unpaired) electrons. The van der Waals surface area contributed by atoms with Crippen LogP contribution in [0.5, 0.6) is 0 Å². The summed E-state index contributed by atoms with van der Waals surface area (Å²) in [6.45, 7) is 5.52. The van der Waals surface area contributed by atoms with Gasteiger partial charge < -0.3 is 5.11 Å². The van der Waals surface area contributed by atoms with E-state index in [0.29, 0.717) is 18.7 Å². The van der Waals surface area contributed by atoms with Gasteiger partial charge in [-0.2, -0.15) is 0 Å². The third-order valence-electron chi connectivity index (χ3n) is 3.28. The molecule has 102 valence electrons. The summed E-state index contributed by atoms with van der Waals surface area (Å²) in [7, 11) is 0. The summed E-state index contributed by atoms with van der Waals surface area (Å²) < 4.78 is 1.41. The molecule has 7 nitrogen and oxygen atoms in total. The van der Waals surface area contributed by atoms with Crippen LogP contribution in [0.1, 0.15) is 31.7 Å². The lowest BCUT2D eigenvalue weighted by Crippen LogP contribution is -2.42. The second-order valence-electron chi connectivity index (χ2n) is 4.20. The van der Waals surface area contributed by atoms with Gasteiger partial charge in [0.25, 0.3) is 0 Å². The van der Waals surface area contributed by atoms with Crippen molar-refractivity contribution in [1.82, 2.24) is 25.2 Å². The molecule has 0 fully saturated rings. The number of nitrogens with zero attached hydrogens (tertiary/aromatic N) is 5. The minimum absolute atomic E-state index is 0.411. The van der Waals surface area contributed by atoms with E-state index in [4.69, 9.17) is 0 Å². The number of hydrogen-bond acceptors (Lipinski definition) is 6. The summed E-state index contributed by atoms with van der Waals surface area (Å²) >= 11 is 1.44. The van der Waals surface area contributed by atoms with Crippen LogP contribution in [0.3, 0.4) is 0 Å². The summed E-state index contributed by atoms with van der Waals surface area (Å²) in [5.74, 6) is -0.469. The van der Waals surface area contributed by atoms with Crippen LogP contribution in [0.25, 0.3) is 10.7 Å². The molecule has 0 atom stereocenters. The van der Waals surface area contributed by atoms with Crippen molar-refractivity contribution < 1.29 is 9.90 Å². The lowest BCUT2D eigenvalue weighted by molar-refractivity contribution is -0.148. The first kappa shape index (κ1) is 13.6. The summed E-state index contributed by atoms with van der Waals surface area (Å²) in [4.78, 5) is 16.6. The molecule has 0 aliphatic rings. The van der Waals surface area contributed by atoms with Crippen molar-refractivity contribution in [2.45, 2.75) is 39.2 Å². The van der Waals surface area contributed by atoms with E-state index >= 15 is 0 Å². The number of carbonyl (C=O) groups is 1. The fourth-order valence-electron chi connectivity index (χ4n) is 2.04. The van der Waals surface area contributed by atoms with E-state index in [0.717, 1.165) is 9.88 Å². The van der Waals surface area contributed by atoms with E-state index in [1.54, 1.807) is 6.20 Å². The van der Waals surface area contributed by atoms with Crippen molar-refractivity contribution in [2.75, 3.05) is 0 Å². The molecule has 2 heterocycles. The number of aryl methyl sites for hydroxylation is 1. The molecule has 2 aromatic rings. The van der Waals surface area contributed by atoms with E-state index in [2.05, 4.69) is 20.5 Å². The van der Waals surface area contributed by atoms with Gasteiger partial charge in [-0.1, -0.05) is 13.8 Å². The number of hydrogen-bond donors (Lipinski definition) is 1. The largest absolute Gasteiger partial charge is 0.479 e. The van der Waals surface area contributed by atoms with E-state index in [1.807, 2.05) is 20.8 Å². The molecule has 0 spiro atoms. The Morgan fingerprint density at radius 3 is 2.63 bits per heavy atom. The van der Waals surface area contributed by atoms with Crippen molar-refractivity contribution in [3.8, 4) is 10.7 Å². The molecule has 0 bridgehead atoms. The number of rotatable bonds is 5. The van der Waals surface area contributed by atoms with Gasteiger partial charge in [-0.15, -0.1) is 16.4 Å². The molecule has 2 rings (SSSR count). The average molecular weight is 281 g/mol. The first-order valence-electron chi connectivity index (χ1n) is 6.00. The Bertz CT molecular complexity index is 587. The summed E-state index contributed by atoms with van der Waals surface area (Å²) in [6, 6.07) is 0. The number of aromatic nitrogens is 5. The molecule has 0 saturated carbocycles. The zero-order chi connectivity index (χ0) is 14.0. The Labute approximate surface area is 114 Å². The summed E-state index contributed by atoms with van der Waals surface area (Å²) in [5.41, 5.74) is -1.11. The molecule has 0 aliphatic carbocycles. The van der Waals surface area contributed by atoms with Crippen LogP contribution < -0.4 is 0 Å². The Morgan fingerprint density at radius 2 is 2.16 bits per heavy atom. The van der Waals surface area contributed by atoms with Crippen LogP contribution in [0.15, 0.2) is 6.20 Å². The van der Waals surface area contributed by atoms with E-state index < -0.39 is 11.5 Å². The molecule has 2 aromatic heterocycles. The maximum absolute atomic E-state index is 11.6. The fourth-order valence-corrected chi connectivity index (χ4v) is 2.78. The van der Waals surface area contributed by atoms with Crippen LogP contribution in [-0.2, 0) is 10.3 Å². The standard InChI is InChI=1S/C11H15N5O2S/c1-4-11(5-2,10(17)18)16-9(13-14-15-16)8-6-12-7(3)19-8/h6H,4-5H2,1-3H3,(H,17,18). The molecule has 19 heavy (non-hydrogen) atoms. The maximum atomic E-state index is 11.6. The molecule has 0 saturated heterocycles. The minimum Gasteiger partial charge on any atom is -0.479 e. The lowest BCUT2D eigenvalue weighted by Gasteiger charge is -2.27. The van der Waals surface area contributed by atoms with Gasteiger partial charge in [0.2, 0.25) is 0 Å². The normalized spacial score (nSPS) is 11.7. The van der Waals surface area contributed by atoms with Crippen molar-refractivity contribution in [3.05, 3.63) is 11.2 Å². The molecule has 0 amide bonds. The maximum Gasteiger partial charge on any atom is 0.331 e. The summed E-state index contributed by atoms with van der Waals surface area (Å²) in [6.07, 6.45) is 2.49. The third kappa shape index (κ3) is 2.12. The van der Waals surface area contributed by atoms with Crippen molar-refractivity contribution in [1.29, 1.82) is 0 Å². The minimum atomic E-state index is -1.11. The Hall–Kier alpha value is -1.83. The Balaban J connectivity index is 2.57. The fraction of sp³-hybridized carbons (Fsp3) is 0.545. The van der Waals surface area contributed by atoms with Crippen LogP contribution in [0.2, 0.25) is 0 Å². The van der Waals surface area contributed by atoms with Gasteiger partial charge in [0, 0.05) is 6.20 Å². The van der Waals surface area contributed by atoms with Gasteiger partial charge in [0.1, 0.15) is 0 Å². The molecule has 1 N–H and O–H groups in total. The van der Waals surface area contributed by atoms with Gasteiger partial charge in [-0.25, -0.2) is 14.5 Å². The number of thiazole rings is 1. The smallest absolute Gasteiger partial charge is 0.331 e. The van der Waals surface area contributed by atoms with E-state index in [9.17, 15) is 9.90 Å². The predicted octanol–water partition coefficient (Wildman–Crippen LogP) is 1.70. The molecule has 0 unspecified atom stereocenters. The number of carboxylic acid groups (broad SMARTS) is 1. The highest BCUT2D eigenvalue weighted by Gasteiger charge is 2.40. The van der Waals surface area contributed by atoms with Crippen molar-refractivity contribution >= 4 is 17.3 Å². The van der Waals surface area contributed by atoms with Crippen molar-refractivity contribution in [2.24, 2.45) is 0 Å². The first-order valence-corrected chi connectivity index (χ1v) is 6.82. The topological polar surface area (TPSA) is 93.8 Å². The molecule has 8 heteroatoms. The number of aliphatic carboxylic acids is 1. The van der Waals surface area contributed by atoms with Crippen LogP contribution in [-0.4, -0.2) is 36.3 Å². The molecule has 0 aromatic carbocycles. The van der Waals surface area contributed by atoms with Gasteiger partial charge in [0.05, 0.1) is 9.88 Å². The van der Waals surface area contributed by atoms with Gasteiger partial charge in [-0.05, 0) is 30.2 Å². The highest BCUT2D eigenvalue weighted by atomic mass is 32.1. The average Bonchev–Trinajstić information content (AvgIpc) is 3.00. The van der Waals surface area contributed by atoms with Gasteiger partial charge in [0.15, 0.2) is 11.4 Å². The molecule has 0 aliphatic heterocycles. The van der Waals surface area contributed by atoms with Gasteiger partial charge >= 0.3 is 5.97 Å². The van der Waals surface area contributed by atoms with Gasteiger partial charge in [-0.3, -0.25) is 0 Å². The first-order chi connectivity index (χ1) is 9.05. The molecular formula is C11H15N5O2S. The van der Waals surface area contributed by atoms with E-state index in [-0.39, 0.29) is 0 Å². The second-order valence-corrected chi connectivity index (χ2v) is 5.44. The number of carboxylic acids is 1. The van der Waals surface area contributed by atoms with Crippen LogP contribution in [0, 0.1) is 6.92 Å². The van der Waals surface area contributed by atoms with Crippen LogP contribution in [0.4, 0.5) is 0 Å². The highest BCUT2D eigenvalue weighted by Crippen LogP contribution is 2.31. The summed E-state index contributed by atoms with van der Waals surface area (Å²) in [5, 5.41) is 21.9. The quantitative estimate of drug-likeness (QED) is 0.896. The highest BCUT2D eigenvalue weighted by molar-refractivity contribution is 7.14. The second kappa shape index (κ2) is 5.04. The van der Waals surface area contributed by atoms with Crippen LogP contribution >= 0.6 is 11.3 Å². The lowest BCUT2D eigenvalue weighted by atomic mass is 9.93. The number of tetrazole rings is 1.